The minimum absolute atomic E-state index is 0.0200. The van der Waals surface area contributed by atoms with Gasteiger partial charge in [-0.3, -0.25) is 19.8 Å². The lowest BCUT2D eigenvalue weighted by molar-refractivity contribution is -0.137. The number of hydrogen-bond acceptors (Lipinski definition) is 4. The summed E-state index contributed by atoms with van der Waals surface area (Å²) in [6.07, 6.45) is 0.0417. The maximum atomic E-state index is 12.6. The number of hydrazine groups is 1. The molecule has 0 aromatic heterocycles. The molecule has 0 aliphatic heterocycles. The van der Waals surface area contributed by atoms with E-state index in [1.54, 1.807) is 42.5 Å². The summed E-state index contributed by atoms with van der Waals surface area (Å²) in [4.78, 5) is 35.6. The largest absolute Gasteiger partial charge is 0.507 e. The van der Waals surface area contributed by atoms with Crippen LogP contribution in [0.2, 0.25) is 0 Å². The van der Waals surface area contributed by atoms with Gasteiger partial charge in [0, 0.05) is 18.5 Å². The molecule has 7 heteroatoms. The van der Waals surface area contributed by atoms with Gasteiger partial charge < -0.3 is 10.2 Å². The van der Waals surface area contributed by atoms with Gasteiger partial charge in [-0.15, -0.1) is 0 Å². The van der Waals surface area contributed by atoms with E-state index in [-0.39, 0.29) is 30.7 Å². The van der Waals surface area contributed by atoms with Gasteiger partial charge in [0.05, 0.1) is 5.56 Å². The smallest absolute Gasteiger partial charge is 0.303 e. The minimum Gasteiger partial charge on any atom is -0.507 e. The van der Waals surface area contributed by atoms with Crippen molar-refractivity contribution < 1.29 is 24.6 Å². The van der Waals surface area contributed by atoms with Crippen LogP contribution in [0.3, 0.4) is 0 Å². The molecule has 0 saturated carbocycles. The van der Waals surface area contributed by atoms with Crippen LogP contribution in [0.1, 0.15) is 33.6 Å². The number of phenols is 1. The standard InChI is InChI=1S/C18H18N2O5/c21-15-10-5-4-9-14(15)17(24)19-20(12-6-11-16(22)23)18(25)13-7-2-1-3-8-13/h1-5,7-10,21H,6,11-12H2,(H,19,24)(H,22,23). The zero-order valence-electron chi connectivity index (χ0n) is 13.4. The first-order valence-corrected chi connectivity index (χ1v) is 7.66. The Labute approximate surface area is 144 Å². The summed E-state index contributed by atoms with van der Waals surface area (Å²) in [6.45, 7) is 0.0271. The lowest BCUT2D eigenvalue weighted by atomic mass is 10.2. The number of carbonyl (C=O) groups excluding carboxylic acids is 2. The Balaban J connectivity index is 2.16. The van der Waals surface area contributed by atoms with Crippen LogP contribution in [0.25, 0.3) is 0 Å². The van der Waals surface area contributed by atoms with Gasteiger partial charge in [0.2, 0.25) is 0 Å². The van der Waals surface area contributed by atoms with Crippen molar-refractivity contribution in [3.8, 4) is 5.75 Å². The van der Waals surface area contributed by atoms with Crippen LogP contribution in [0.4, 0.5) is 0 Å². The topological polar surface area (TPSA) is 107 Å². The molecule has 0 heterocycles. The van der Waals surface area contributed by atoms with E-state index in [9.17, 15) is 19.5 Å². The number of carbonyl (C=O) groups is 3. The van der Waals surface area contributed by atoms with Gasteiger partial charge in [-0.2, -0.15) is 0 Å². The fourth-order valence-corrected chi connectivity index (χ4v) is 2.18. The SMILES string of the molecule is O=C(O)CCCN(NC(=O)c1ccccc1O)C(=O)c1ccccc1. The Hall–Kier alpha value is -3.35. The molecule has 0 atom stereocenters. The average molecular weight is 342 g/mol. The highest BCUT2D eigenvalue weighted by molar-refractivity contribution is 6.00. The Kier molecular flexibility index (Phi) is 6.11. The number of nitrogens with zero attached hydrogens (tertiary/aromatic N) is 1. The van der Waals surface area contributed by atoms with E-state index in [2.05, 4.69) is 5.43 Å². The van der Waals surface area contributed by atoms with Crippen molar-refractivity contribution in [1.82, 2.24) is 10.4 Å². The average Bonchev–Trinajstić information content (AvgIpc) is 2.61. The summed E-state index contributed by atoms with van der Waals surface area (Å²) in [5.74, 6) is -2.32. The first kappa shape index (κ1) is 18.0. The predicted octanol–water partition coefficient (Wildman–Crippen LogP) is 2.04. The number of para-hydroxylation sites is 1. The van der Waals surface area contributed by atoms with Gasteiger partial charge in [0.15, 0.2) is 0 Å². The molecule has 3 N–H and O–H groups in total. The zero-order chi connectivity index (χ0) is 18.2. The number of carboxylic acids is 1. The Morgan fingerprint density at radius 2 is 1.60 bits per heavy atom. The Morgan fingerprint density at radius 1 is 0.960 bits per heavy atom. The normalized spacial score (nSPS) is 10.1. The Bertz CT molecular complexity index is 761. The molecular weight excluding hydrogens is 324 g/mol. The van der Waals surface area contributed by atoms with Crippen LogP contribution in [0, 0.1) is 0 Å². The number of hydrogen-bond donors (Lipinski definition) is 3. The monoisotopic (exact) mass is 342 g/mol. The van der Waals surface area contributed by atoms with E-state index < -0.39 is 17.8 Å². The van der Waals surface area contributed by atoms with Crippen molar-refractivity contribution in [2.75, 3.05) is 6.54 Å². The predicted molar refractivity (Wildman–Crippen MR) is 89.9 cm³/mol. The lowest BCUT2D eigenvalue weighted by Gasteiger charge is -2.23. The zero-order valence-corrected chi connectivity index (χ0v) is 13.4. The van der Waals surface area contributed by atoms with Crippen molar-refractivity contribution in [2.24, 2.45) is 0 Å². The summed E-state index contributed by atoms with van der Waals surface area (Å²) in [5, 5.41) is 19.6. The number of carboxylic acid groups (broad SMARTS) is 1. The number of phenolic OH excluding ortho intramolecular Hbond substituents is 1. The number of aromatic hydroxyl groups is 1. The summed E-state index contributed by atoms with van der Waals surface area (Å²) in [5.41, 5.74) is 2.81. The summed E-state index contributed by atoms with van der Waals surface area (Å²) in [7, 11) is 0. The van der Waals surface area contributed by atoms with Crippen LogP contribution in [0.15, 0.2) is 54.6 Å². The molecule has 0 saturated heterocycles. The maximum Gasteiger partial charge on any atom is 0.303 e. The Morgan fingerprint density at radius 3 is 2.24 bits per heavy atom. The molecule has 0 aliphatic carbocycles. The molecule has 0 unspecified atom stereocenters. The molecular formula is C18H18N2O5. The van der Waals surface area contributed by atoms with Gasteiger partial charge in [0.1, 0.15) is 5.75 Å². The van der Waals surface area contributed by atoms with E-state index in [0.29, 0.717) is 5.56 Å². The molecule has 0 bridgehead atoms. The van der Waals surface area contributed by atoms with Crippen LogP contribution < -0.4 is 5.43 Å². The molecule has 130 valence electrons. The van der Waals surface area contributed by atoms with Gasteiger partial charge in [-0.05, 0) is 30.7 Å². The van der Waals surface area contributed by atoms with Gasteiger partial charge >= 0.3 is 5.97 Å². The second-order valence-corrected chi connectivity index (χ2v) is 5.28. The fraction of sp³-hybridized carbons (Fsp3) is 0.167. The van der Waals surface area contributed by atoms with E-state index in [1.807, 2.05) is 0 Å². The molecule has 0 radical (unpaired) electrons. The third kappa shape index (κ3) is 5.07. The lowest BCUT2D eigenvalue weighted by Crippen LogP contribution is -2.46. The summed E-state index contributed by atoms with van der Waals surface area (Å²) < 4.78 is 0. The quantitative estimate of drug-likeness (QED) is 0.697. The highest BCUT2D eigenvalue weighted by atomic mass is 16.4. The highest BCUT2D eigenvalue weighted by Crippen LogP contribution is 2.15. The van der Waals surface area contributed by atoms with Gasteiger partial charge in [0.25, 0.3) is 11.8 Å². The first-order valence-electron chi connectivity index (χ1n) is 7.66. The second kappa shape index (κ2) is 8.49. The molecule has 2 aromatic carbocycles. The fourth-order valence-electron chi connectivity index (χ4n) is 2.18. The molecule has 0 aliphatic rings. The van der Waals surface area contributed by atoms with Crippen molar-refractivity contribution in [2.45, 2.75) is 12.8 Å². The highest BCUT2D eigenvalue weighted by Gasteiger charge is 2.20. The van der Waals surface area contributed by atoms with E-state index >= 15 is 0 Å². The summed E-state index contributed by atoms with van der Waals surface area (Å²) in [6, 6.07) is 14.3. The third-order valence-corrected chi connectivity index (χ3v) is 3.42. The van der Waals surface area contributed by atoms with E-state index in [1.165, 1.54) is 12.1 Å². The molecule has 0 fully saturated rings. The second-order valence-electron chi connectivity index (χ2n) is 5.28. The van der Waals surface area contributed by atoms with Crippen LogP contribution in [-0.4, -0.2) is 39.6 Å². The number of amides is 2. The molecule has 2 rings (SSSR count). The van der Waals surface area contributed by atoms with Crippen molar-refractivity contribution in [3.63, 3.8) is 0 Å². The van der Waals surface area contributed by atoms with Crippen molar-refractivity contribution >= 4 is 17.8 Å². The van der Waals surface area contributed by atoms with Gasteiger partial charge in [-0.25, -0.2) is 5.01 Å². The molecule has 0 spiro atoms. The van der Waals surface area contributed by atoms with Crippen molar-refractivity contribution in [1.29, 1.82) is 0 Å². The first-order chi connectivity index (χ1) is 12.0. The van der Waals surface area contributed by atoms with E-state index in [4.69, 9.17) is 5.11 Å². The summed E-state index contributed by atoms with van der Waals surface area (Å²) >= 11 is 0. The van der Waals surface area contributed by atoms with Crippen LogP contribution in [0.5, 0.6) is 5.75 Å². The maximum absolute atomic E-state index is 12.6. The van der Waals surface area contributed by atoms with Crippen molar-refractivity contribution in [3.05, 3.63) is 65.7 Å². The number of benzene rings is 2. The molecule has 2 amide bonds. The number of nitrogens with one attached hydrogen (secondary N) is 1. The molecule has 2 aromatic rings. The van der Waals surface area contributed by atoms with Crippen LogP contribution >= 0.6 is 0 Å². The minimum atomic E-state index is -0.987. The van der Waals surface area contributed by atoms with E-state index in [0.717, 1.165) is 5.01 Å². The molecule has 25 heavy (non-hydrogen) atoms. The van der Waals surface area contributed by atoms with Gasteiger partial charge in [-0.1, -0.05) is 30.3 Å². The number of aliphatic carboxylic acids is 1. The third-order valence-electron chi connectivity index (χ3n) is 3.42. The number of rotatable bonds is 6. The van der Waals surface area contributed by atoms with Crippen LogP contribution in [-0.2, 0) is 4.79 Å². The molecule has 7 nitrogen and oxygen atoms in total.